The second kappa shape index (κ2) is 7.84. The fourth-order valence-corrected chi connectivity index (χ4v) is 4.19. The topological polar surface area (TPSA) is 38.1 Å². The van der Waals surface area contributed by atoms with Crippen LogP contribution in [0.25, 0.3) is 16.9 Å². The lowest BCUT2D eigenvalue weighted by Gasteiger charge is -2.16. The molecule has 0 saturated carbocycles. The van der Waals surface area contributed by atoms with Crippen molar-refractivity contribution in [2.45, 2.75) is 30.6 Å². The van der Waals surface area contributed by atoms with Gasteiger partial charge in [-0.25, -0.2) is 4.98 Å². The van der Waals surface area contributed by atoms with Crippen molar-refractivity contribution >= 4 is 17.7 Å². The fraction of sp³-hybridized carbons (Fsp3) is 0.304. The Bertz CT molecular complexity index is 1010. The Labute approximate surface area is 170 Å². The Morgan fingerprint density at radius 3 is 2.57 bits per heavy atom. The summed E-state index contributed by atoms with van der Waals surface area (Å²) in [6.45, 7) is 0. The third-order valence-electron chi connectivity index (χ3n) is 5.30. The van der Waals surface area contributed by atoms with E-state index < -0.39 is 0 Å². The van der Waals surface area contributed by atoms with Gasteiger partial charge < -0.3 is 4.90 Å². The van der Waals surface area contributed by atoms with Gasteiger partial charge in [0.25, 0.3) is 0 Å². The molecule has 1 aromatic heterocycles. The van der Waals surface area contributed by atoms with Gasteiger partial charge in [-0.15, -0.1) is 11.8 Å². The number of amides is 1. The lowest BCUT2D eigenvalue weighted by atomic mass is 10.1. The predicted octanol–water partition coefficient (Wildman–Crippen LogP) is 4.38. The number of hydrogen-bond donors (Lipinski definition) is 0. The largest absolute Gasteiger partial charge is 0.348 e. The van der Waals surface area contributed by atoms with Gasteiger partial charge in [-0.2, -0.15) is 0 Å². The van der Waals surface area contributed by atoms with Crippen LogP contribution in [0, 0.1) is 0 Å². The zero-order chi connectivity index (χ0) is 19.7. The molecule has 0 unspecified atom stereocenters. The second-order valence-electron chi connectivity index (χ2n) is 7.33. The molecule has 1 aliphatic heterocycles. The van der Waals surface area contributed by atoms with Crippen molar-refractivity contribution in [1.82, 2.24) is 14.5 Å². The van der Waals surface area contributed by atoms with Crippen LogP contribution in [0.4, 0.5) is 0 Å². The third-order valence-corrected chi connectivity index (χ3v) is 6.05. The average molecular weight is 392 g/mol. The van der Waals surface area contributed by atoms with E-state index in [-0.39, 0.29) is 5.91 Å². The van der Waals surface area contributed by atoms with Gasteiger partial charge in [0.05, 0.1) is 23.5 Å². The van der Waals surface area contributed by atoms with E-state index in [0.717, 1.165) is 47.7 Å². The van der Waals surface area contributed by atoms with Crippen LogP contribution in [-0.4, -0.2) is 40.7 Å². The van der Waals surface area contributed by atoms with Gasteiger partial charge in [-0.05, 0) is 42.9 Å². The number of rotatable bonds is 4. The van der Waals surface area contributed by atoms with Crippen molar-refractivity contribution in [3.63, 3.8) is 0 Å². The number of para-hydroxylation sites is 1. The molecular formula is C23H25N3OS. The van der Waals surface area contributed by atoms with Crippen LogP contribution in [0.2, 0.25) is 0 Å². The van der Waals surface area contributed by atoms with Crippen molar-refractivity contribution in [1.29, 1.82) is 0 Å². The summed E-state index contributed by atoms with van der Waals surface area (Å²) >= 11 is 1.73. The van der Waals surface area contributed by atoms with Gasteiger partial charge in [0, 0.05) is 31.0 Å². The molecule has 0 spiro atoms. The molecule has 0 fully saturated rings. The molecule has 3 aromatic rings. The van der Waals surface area contributed by atoms with E-state index in [1.807, 2.05) is 14.1 Å². The van der Waals surface area contributed by atoms with Crippen LogP contribution in [-0.2, 0) is 24.1 Å². The Hall–Kier alpha value is -2.53. The number of fused-ring (bicyclic) bond motifs is 3. The third kappa shape index (κ3) is 3.47. The Morgan fingerprint density at radius 2 is 1.86 bits per heavy atom. The van der Waals surface area contributed by atoms with E-state index >= 15 is 0 Å². The molecule has 0 saturated heterocycles. The Kier molecular flexibility index (Phi) is 5.27. The highest BCUT2D eigenvalue weighted by atomic mass is 32.2. The normalized spacial score (nSPS) is 12.8. The van der Waals surface area contributed by atoms with E-state index in [1.165, 1.54) is 10.5 Å². The highest BCUT2D eigenvalue weighted by molar-refractivity contribution is 7.98. The average Bonchev–Trinajstić information content (AvgIpc) is 2.95. The second-order valence-corrected chi connectivity index (χ2v) is 8.21. The summed E-state index contributed by atoms with van der Waals surface area (Å²) in [5, 5.41) is 0. The summed E-state index contributed by atoms with van der Waals surface area (Å²) in [5.41, 5.74) is 5.46. The van der Waals surface area contributed by atoms with E-state index in [9.17, 15) is 4.79 Å². The van der Waals surface area contributed by atoms with Gasteiger partial charge >= 0.3 is 0 Å². The van der Waals surface area contributed by atoms with Crippen molar-refractivity contribution in [2.24, 2.45) is 0 Å². The van der Waals surface area contributed by atoms with Crippen molar-refractivity contribution < 1.29 is 4.79 Å². The quantitative estimate of drug-likeness (QED) is 0.620. The molecule has 28 heavy (non-hydrogen) atoms. The molecule has 0 N–H and O–H groups in total. The maximum absolute atomic E-state index is 12.7. The van der Waals surface area contributed by atoms with Crippen molar-refractivity contribution in [2.75, 3.05) is 20.4 Å². The molecule has 0 bridgehead atoms. The zero-order valence-electron chi connectivity index (χ0n) is 16.6. The summed E-state index contributed by atoms with van der Waals surface area (Å²) in [5.74, 6) is 1.14. The lowest BCUT2D eigenvalue weighted by molar-refractivity contribution is -0.128. The minimum Gasteiger partial charge on any atom is -0.348 e. The number of thioether (sulfide) groups is 1. The number of hydrogen-bond acceptors (Lipinski definition) is 3. The number of aromatic nitrogens is 2. The van der Waals surface area contributed by atoms with E-state index in [0.29, 0.717) is 6.42 Å². The number of aryl methyl sites for hydroxylation is 2. The molecule has 0 atom stereocenters. The maximum Gasteiger partial charge on any atom is 0.228 e. The molecule has 0 aliphatic carbocycles. The van der Waals surface area contributed by atoms with Crippen LogP contribution in [0.15, 0.2) is 53.4 Å². The predicted molar refractivity (Wildman–Crippen MR) is 115 cm³/mol. The van der Waals surface area contributed by atoms with E-state index in [1.54, 1.807) is 16.7 Å². The molecule has 2 aromatic carbocycles. The number of benzene rings is 2. The summed E-state index contributed by atoms with van der Waals surface area (Å²) in [4.78, 5) is 20.6. The first-order valence-electron chi connectivity index (χ1n) is 9.62. The van der Waals surface area contributed by atoms with Crippen LogP contribution in [0.3, 0.4) is 0 Å². The minimum absolute atomic E-state index is 0.0893. The van der Waals surface area contributed by atoms with Crippen molar-refractivity contribution in [3.8, 4) is 16.9 Å². The minimum atomic E-state index is 0.0893. The van der Waals surface area contributed by atoms with Gasteiger partial charge in [0.15, 0.2) is 0 Å². The molecular weight excluding hydrogens is 366 g/mol. The molecule has 1 amide bonds. The Morgan fingerprint density at radius 1 is 1.11 bits per heavy atom. The Balaban J connectivity index is 1.91. The van der Waals surface area contributed by atoms with Crippen molar-refractivity contribution in [3.05, 3.63) is 65.6 Å². The number of carbonyl (C=O) groups is 1. The molecule has 1 aliphatic rings. The molecule has 4 rings (SSSR count). The van der Waals surface area contributed by atoms with Crippen LogP contribution >= 0.6 is 11.8 Å². The highest BCUT2D eigenvalue weighted by Gasteiger charge is 2.25. The van der Waals surface area contributed by atoms with Gasteiger partial charge in [-0.3, -0.25) is 9.36 Å². The van der Waals surface area contributed by atoms with Gasteiger partial charge in [-0.1, -0.05) is 30.3 Å². The fourth-order valence-electron chi connectivity index (χ4n) is 3.78. The molecule has 0 radical (unpaired) electrons. The number of likely N-dealkylation sites (N-methyl/N-ethyl adjacent to an activating group) is 1. The first kappa shape index (κ1) is 18.8. The number of imidazole rings is 1. The molecule has 5 heteroatoms. The SMILES string of the molecule is CSc1ccc(-c2nc3n(c2CC(=O)N(C)C)-c2ccccc2CCC3)cc1. The van der Waals surface area contributed by atoms with E-state index in [4.69, 9.17) is 4.98 Å². The van der Waals surface area contributed by atoms with E-state index in [2.05, 4.69) is 59.4 Å². The molecule has 2 heterocycles. The molecule has 4 nitrogen and oxygen atoms in total. The van der Waals surface area contributed by atoms with Crippen LogP contribution < -0.4 is 0 Å². The standard InChI is InChI=1S/C23H25N3OS/c1-25(2)22(27)15-20-23(17-11-13-18(28-3)14-12-17)24-21-10-6-8-16-7-4-5-9-19(16)26(20)21/h4-5,7,9,11-14H,6,8,10,15H2,1-3H3. The highest BCUT2D eigenvalue weighted by Crippen LogP contribution is 2.33. The van der Waals surface area contributed by atoms with Gasteiger partial charge in [0.1, 0.15) is 5.82 Å². The number of carbonyl (C=O) groups excluding carboxylic acids is 1. The summed E-state index contributed by atoms with van der Waals surface area (Å²) in [6, 6.07) is 17.0. The number of nitrogens with zero attached hydrogens (tertiary/aromatic N) is 3. The summed E-state index contributed by atoms with van der Waals surface area (Å²) in [7, 11) is 3.62. The smallest absolute Gasteiger partial charge is 0.228 e. The summed E-state index contributed by atoms with van der Waals surface area (Å²) < 4.78 is 2.24. The lowest BCUT2D eigenvalue weighted by Crippen LogP contribution is -2.25. The molecule has 144 valence electrons. The monoisotopic (exact) mass is 391 g/mol. The van der Waals surface area contributed by atoms with Crippen LogP contribution in [0.1, 0.15) is 23.5 Å². The zero-order valence-corrected chi connectivity index (χ0v) is 17.4. The van der Waals surface area contributed by atoms with Crippen LogP contribution in [0.5, 0.6) is 0 Å². The first-order valence-corrected chi connectivity index (χ1v) is 10.8. The maximum atomic E-state index is 12.7. The summed E-state index contributed by atoms with van der Waals surface area (Å²) in [6.07, 6.45) is 5.44. The first-order chi connectivity index (χ1) is 13.6. The van der Waals surface area contributed by atoms with Gasteiger partial charge in [0.2, 0.25) is 5.91 Å².